The number of aryl methyl sites for hydroxylation is 1. The lowest BCUT2D eigenvalue weighted by Gasteiger charge is -2.36. The molecule has 0 bridgehead atoms. The highest BCUT2D eigenvalue weighted by Gasteiger charge is 2.23. The number of piperazine rings is 2. The quantitative estimate of drug-likeness (QED) is 0.766. The third-order valence-corrected chi connectivity index (χ3v) is 5.89. The Hall–Kier alpha value is -2.67. The number of amides is 1. The molecule has 0 aliphatic carbocycles. The number of hydrogen-bond donors (Lipinski definition) is 0. The number of nitrogens with zero attached hydrogens (tertiary/aromatic N) is 6. The molecule has 154 valence electrons. The fourth-order valence-electron chi connectivity index (χ4n) is 3.96. The average molecular weight is 395 g/mol. The van der Waals surface area contributed by atoms with E-state index in [1.165, 1.54) is 5.56 Å². The van der Waals surface area contributed by atoms with E-state index in [4.69, 9.17) is 0 Å². The highest BCUT2D eigenvalue weighted by Crippen LogP contribution is 2.20. The fourth-order valence-corrected chi connectivity index (χ4v) is 3.96. The minimum atomic E-state index is 0.245. The summed E-state index contributed by atoms with van der Waals surface area (Å²) < 4.78 is 0. The lowest BCUT2D eigenvalue weighted by atomic mass is 10.1. The number of hydrogen-bond acceptors (Lipinski definition) is 6. The van der Waals surface area contributed by atoms with E-state index in [0.29, 0.717) is 6.42 Å². The summed E-state index contributed by atoms with van der Waals surface area (Å²) in [7, 11) is 2.16. The van der Waals surface area contributed by atoms with Crippen molar-refractivity contribution in [2.24, 2.45) is 0 Å². The molecule has 0 atom stereocenters. The summed E-state index contributed by atoms with van der Waals surface area (Å²) in [5, 5.41) is 0. The summed E-state index contributed by atoms with van der Waals surface area (Å²) >= 11 is 0. The molecule has 2 aliphatic heterocycles. The summed E-state index contributed by atoms with van der Waals surface area (Å²) in [6.45, 7) is 7.25. The van der Waals surface area contributed by atoms with Crippen LogP contribution >= 0.6 is 0 Å². The van der Waals surface area contributed by atoms with Gasteiger partial charge in [-0.15, -0.1) is 0 Å². The molecule has 7 heteroatoms. The van der Waals surface area contributed by atoms with Gasteiger partial charge in [0.25, 0.3) is 0 Å². The van der Waals surface area contributed by atoms with Gasteiger partial charge in [0.15, 0.2) is 0 Å². The van der Waals surface area contributed by atoms with Crippen molar-refractivity contribution in [2.45, 2.75) is 12.8 Å². The molecule has 1 aromatic carbocycles. The standard InChI is InChI=1S/C22H30N6O/c1-25-9-11-26(12-10-25)20-17-21(24-18-23-20)27-13-15-28(16-14-27)22(29)8-7-19-5-3-2-4-6-19/h2-6,17-18H,7-16H2,1H3. The fraction of sp³-hybridized carbons (Fsp3) is 0.500. The van der Waals surface area contributed by atoms with Gasteiger partial charge in [0.05, 0.1) is 0 Å². The van der Waals surface area contributed by atoms with Crippen LogP contribution in [-0.2, 0) is 11.2 Å². The molecule has 2 fully saturated rings. The van der Waals surface area contributed by atoms with Crippen molar-refractivity contribution < 1.29 is 4.79 Å². The van der Waals surface area contributed by atoms with Crippen molar-refractivity contribution in [3.8, 4) is 0 Å². The minimum Gasteiger partial charge on any atom is -0.354 e. The first-order valence-corrected chi connectivity index (χ1v) is 10.5. The van der Waals surface area contributed by atoms with Gasteiger partial charge in [-0.1, -0.05) is 30.3 Å². The molecule has 0 saturated carbocycles. The number of rotatable bonds is 5. The van der Waals surface area contributed by atoms with E-state index in [1.807, 2.05) is 23.1 Å². The van der Waals surface area contributed by atoms with Gasteiger partial charge in [0, 0.05) is 64.8 Å². The molecule has 29 heavy (non-hydrogen) atoms. The molecule has 0 radical (unpaired) electrons. The predicted molar refractivity (Wildman–Crippen MR) is 115 cm³/mol. The van der Waals surface area contributed by atoms with Crippen LogP contribution in [0.1, 0.15) is 12.0 Å². The Morgan fingerprint density at radius 3 is 2.07 bits per heavy atom. The lowest BCUT2D eigenvalue weighted by Crippen LogP contribution is -2.49. The van der Waals surface area contributed by atoms with E-state index >= 15 is 0 Å². The Bertz CT molecular complexity index is 798. The first-order chi connectivity index (χ1) is 14.2. The zero-order valence-corrected chi connectivity index (χ0v) is 17.2. The maximum atomic E-state index is 12.6. The highest BCUT2D eigenvalue weighted by molar-refractivity contribution is 5.76. The largest absolute Gasteiger partial charge is 0.354 e. The maximum Gasteiger partial charge on any atom is 0.223 e. The van der Waals surface area contributed by atoms with Crippen molar-refractivity contribution in [1.82, 2.24) is 19.8 Å². The third kappa shape index (κ3) is 5.03. The van der Waals surface area contributed by atoms with E-state index in [9.17, 15) is 4.79 Å². The van der Waals surface area contributed by atoms with Crippen LogP contribution < -0.4 is 9.80 Å². The van der Waals surface area contributed by atoms with Crippen LogP contribution in [0, 0.1) is 0 Å². The molecular weight excluding hydrogens is 364 g/mol. The van der Waals surface area contributed by atoms with E-state index in [1.54, 1.807) is 6.33 Å². The van der Waals surface area contributed by atoms with E-state index in [2.05, 4.69) is 49.9 Å². The van der Waals surface area contributed by atoms with Gasteiger partial charge in [-0.25, -0.2) is 9.97 Å². The third-order valence-electron chi connectivity index (χ3n) is 5.89. The summed E-state index contributed by atoms with van der Waals surface area (Å²) in [5.74, 6) is 2.21. The number of carbonyl (C=O) groups excluding carboxylic acids is 1. The van der Waals surface area contributed by atoms with Crippen molar-refractivity contribution in [2.75, 3.05) is 69.2 Å². The van der Waals surface area contributed by atoms with Gasteiger partial charge in [0.1, 0.15) is 18.0 Å². The molecule has 1 amide bonds. The number of likely N-dealkylation sites (N-methyl/N-ethyl adjacent to an activating group) is 1. The molecule has 1 aromatic heterocycles. The zero-order valence-electron chi connectivity index (χ0n) is 17.2. The SMILES string of the molecule is CN1CCN(c2cc(N3CCN(C(=O)CCc4ccccc4)CC3)ncn2)CC1. The number of benzene rings is 1. The van der Waals surface area contributed by atoms with Crippen molar-refractivity contribution in [3.63, 3.8) is 0 Å². The second kappa shape index (κ2) is 9.22. The smallest absolute Gasteiger partial charge is 0.223 e. The topological polar surface area (TPSA) is 55.8 Å². The van der Waals surface area contributed by atoms with Crippen LogP contribution in [0.5, 0.6) is 0 Å². The second-order valence-electron chi connectivity index (χ2n) is 7.88. The first kappa shape index (κ1) is 19.6. The van der Waals surface area contributed by atoms with Crippen molar-refractivity contribution in [1.29, 1.82) is 0 Å². The molecule has 0 N–H and O–H groups in total. The summed E-state index contributed by atoms with van der Waals surface area (Å²) in [5.41, 5.74) is 1.22. The monoisotopic (exact) mass is 394 g/mol. The van der Waals surface area contributed by atoms with Crippen LogP contribution in [-0.4, -0.2) is 85.1 Å². The van der Waals surface area contributed by atoms with Crippen LogP contribution in [0.25, 0.3) is 0 Å². The van der Waals surface area contributed by atoms with Crippen LogP contribution in [0.3, 0.4) is 0 Å². The van der Waals surface area contributed by atoms with Gasteiger partial charge >= 0.3 is 0 Å². The second-order valence-corrected chi connectivity index (χ2v) is 7.88. The molecule has 2 saturated heterocycles. The molecule has 3 heterocycles. The van der Waals surface area contributed by atoms with Crippen LogP contribution in [0.4, 0.5) is 11.6 Å². The van der Waals surface area contributed by atoms with Gasteiger partial charge in [-0.2, -0.15) is 0 Å². The first-order valence-electron chi connectivity index (χ1n) is 10.5. The molecule has 0 unspecified atom stereocenters. The Morgan fingerprint density at radius 2 is 1.45 bits per heavy atom. The molecule has 2 aromatic rings. The molecule has 4 rings (SSSR count). The summed E-state index contributed by atoms with van der Waals surface area (Å²) in [6.07, 6.45) is 3.05. The highest BCUT2D eigenvalue weighted by atomic mass is 16.2. The van der Waals surface area contributed by atoms with Crippen molar-refractivity contribution >= 4 is 17.5 Å². The van der Waals surface area contributed by atoms with E-state index in [-0.39, 0.29) is 5.91 Å². The van der Waals surface area contributed by atoms with E-state index in [0.717, 1.165) is 70.4 Å². The number of aromatic nitrogens is 2. The van der Waals surface area contributed by atoms with Crippen LogP contribution in [0.2, 0.25) is 0 Å². The van der Waals surface area contributed by atoms with Gasteiger partial charge in [-0.05, 0) is 19.0 Å². The van der Waals surface area contributed by atoms with Crippen LogP contribution in [0.15, 0.2) is 42.7 Å². The molecule has 7 nitrogen and oxygen atoms in total. The molecular formula is C22H30N6O. The lowest BCUT2D eigenvalue weighted by molar-refractivity contribution is -0.131. The Labute approximate surface area is 172 Å². The predicted octanol–water partition coefficient (Wildman–Crippen LogP) is 1.51. The summed E-state index contributed by atoms with van der Waals surface area (Å²) in [6, 6.07) is 12.3. The minimum absolute atomic E-state index is 0.245. The number of carbonyl (C=O) groups is 1. The maximum absolute atomic E-state index is 12.6. The number of anilines is 2. The van der Waals surface area contributed by atoms with E-state index < -0.39 is 0 Å². The van der Waals surface area contributed by atoms with Gasteiger partial charge in [-0.3, -0.25) is 4.79 Å². The summed E-state index contributed by atoms with van der Waals surface area (Å²) in [4.78, 5) is 30.5. The van der Waals surface area contributed by atoms with Crippen molar-refractivity contribution in [3.05, 3.63) is 48.3 Å². The molecule has 2 aliphatic rings. The Balaban J connectivity index is 1.29. The average Bonchev–Trinajstić information content (AvgIpc) is 2.79. The van der Waals surface area contributed by atoms with Gasteiger partial charge in [0.2, 0.25) is 5.91 Å². The normalized spacial score (nSPS) is 18.2. The van der Waals surface area contributed by atoms with Gasteiger partial charge < -0.3 is 19.6 Å². The molecule has 0 spiro atoms. The Morgan fingerprint density at radius 1 is 0.862 bits per heavy atom. The zero-order chi connectivity index (χ0) is 20.1. The Kier molecular flexibility index (Phi) is 6.24.